The van der Waals surface area contributed by atoms with E-state index in [1.165, 1.54) is 45.4 Å². The molecule has 1 saturated heterocycles. The van der Waals surface area contributed by atoms with Crippen LogP contribution in [0.3, 0.4) is 0 Å². The lowest BCUT2D eigenvalue weighted by molar-refractivity contribution is 0.179. The summed E-state index contributed by atoms with van der Waals surface area (Å²) in [6, 6.07) is 0. The van der Waals surface area contributed by atoms with Crippen molar-refractivity contribution < 1.29 is 0 Å². The molecule has 0 saturated carbocycles. The molecule has 0 aromatic carbocycles. The van der Waals surface area contributed by atoms with Gasteiger partial charge in [0, 0.05) is 12.7 Å². The van der Waals surface area contributed by atoms with Crippen LogP contribution in [0.2, 0.25) is 0 Å². The number of nitrogens with zero attached hydrogens (tertiary/aromatic N) is 4. The maximum atomic E-state index is 3.98. The van der Waals surface area contributed by atoms with Crippen LogP contribution >= 0.6 is 0 Å². The van der Waals surface area contributed by atoms with Crippen molar-refractivity contribution in [1.29, 1.82) is 0 Å². The van der Waals surface area contributed by atoms with Crippen LogP contribution in [0.4, 0.5) is 0 Å². The van der Waals surface area contributed by atoms with E-state index in [9.17, 15) is 0 Å². The predicted octanol–water partition coefficient (Wildman–Crippen LogP) is 0.600. The molecule has 1 aliphatic heterocycles. The van der Waals surface area contributed by atoms with Gasteiger partial charge in [-0.2, -0.15) is 0 Å². The van der Waals surface area contributed by atoms with E-state index in [0.717, 1.165) is 12.5 Å². The second-order valence-electron chi connectivity index (χ2n) is 4.86. The quantitative estimate of drug-likeness (QED) is 0.787. The fourth-order valence-corrected chi connectivity index (χ4v) is 2.51. The van der Waals surface area contributed by atoms with E-state index in [-0.39, 0.29) is 0 Å². The molecule has 0 amide bonds. The van der Waals surface area contributed by atoms with E-state index < -0.39 is 0 Å². The van der Waals surface area contributed by atoms with E-state index in [4.69, 9.17) is 0 Å². The van der Waals surface area contributed by atoms with Gasteiger partial charge in [-0.15, -0.1) is 5.10 Å². The van der Waals surface area contributed by atoms with Crippen molar-refractivity contribution in [2.24, 2.45) is 5.92 Å². The first-order chi connectivity index (χ1) is 8.38. The van der Waals surface area contributed by atoms with Gasteiger partial charge in [-0.25, -0.2) is 0 Å². The average molecular weight is 237 g/mol. The van der Waals surface area contributed by atoms with E-state index >= 15 is 0 Å². The van der Waals surface area contributed by atoms with Gasteiger partial charge in [0.25, 0.3) is 0 Å². The number of hydrogen-bond acceptors (Lipinski definition) is 4. The Labute approximate surface area is 103 Å². The Morgan fingerprint density at radius 3 is 2.76 bits per heavy atom. The van der Waals surface area contributed by atoms with Gasteiger partial charge in [0.15, 0.2) is 0 Å². The number of piperidine rings is 1. The summed E-state index contributed by atoms with van der Waals surface area (Å²) in [6.45, 7) is 5.85. The van der Waals surface area contributed by atoms with Crippen LogP contribution in [-0.4, -0.2) is 53.1 Å². The first-order valence-electron chi connectivity index (χ1n) is 6.59. The van der Waals surface area contributed by atoms with E-state index in [2.05, 4.69) is 20.5 Å². The highest BCUT2D eigenvalue weighted by molar-refractivity contribution is 4.73. The Morgan fingerprint density at radius 2 is 2.12 bits per heavy atom. The minimum absolute atomic E-state index is 0.881. The summed E-state index contributed by atoms with van der Waals surface area (Å²) in [7, 11) is 2.05. The van der Waals surface area contributed by atoms with Crippen LogP contribution in [0.15, 0.2) is 12.4 Å². The second kappa shape index (κ2) is 6.71. The normalized spacial score (nSPS) is 18.6. The molecule has 0 unspecified atom stereocenters. The summed E-state index contributed by atoms with van der Waals surface area (Å²) < 4.78 is 1.91. The van der Waals surface area contributed by atoms with Crippen molar-refractivity contribution >= 4 is 0 Å². The van der Waals surface area contributed by atoms with Crippen molar-refractivity contribution in [1.82, 2.24) is 25.2 Å². The average Bonchev–Trinajstić information content (AvgIpc) is 2.85. The lowest BCUT2D eigenvalue weighted by atomic mass is 9.97. The highest BCUT2D eigenvalue weighted by atomic mass is 15.4. The van der Waals surface area contributed by atoms with Gasteiger partial charge < -0.3 is 10.2 Å². The fraction of sp³-hybridized carbons (Fsp3) is 0.833. The Balaban J connectivity index is 1.58. The number of aromatic nitrogens is 3. The first-order valence-corrected chi connectivity index (χ1v) is 6.59. The lowest BCUT2D eigenvalue weighted by Crippen LogP contribution is -2.37. The molecule has 96 valence electrons. The maximum Gasteiger partial charge on any atom is 0.0692 e. The van der Waals surface area contributed by atoms with Crippen molar-refractivity contribution in [2.75, 3.05) is 33.2 Å². The molecule has 2 rings (SSSR count). The monoisotopic (exact) mass is 237 g/mol. The number of likely N-dealkylation sites (tertiary alicyclic amines) is 1. The molecule has 5 heteroatoms. The minimum atomic E-state index is 0.881. The third-order valence-electron chi connectivity index (χ3n) is 3.53. The lowest BCUT2D eigenvalue weighted by Gasteiger charge is -2.31. The van der Waals surface area contributed by atoms with Crippen molar-refractivity contribution in [3.05, 3.63) is 12.4 Å². The molecule has 2 heterocycles. The second-order valence-corrected chi connectivity index (χ2v) is 4.86. The molecule has 1 aliphatic rings. The molecular formula is C12H23N5. The minimum Gasteiger partial charge on any atom is -0.319 e. The Morgan fingerprint density at radius 1 is 1.29 bits per heavy atom. The summed E-state index contributed by atoms with van der Waals surface area (Å²) in [5.74, 6) is 0.881. The summed E-state index contributed by atoms with van der Waals surface area (Å²) >= 11 is 0. The SMILES string of the molecule is CNCC1CCN(CCCn2ccnn2)CC1. The highest BCUT2D eigenvalue weighted by Gasteiger charge is 2.17. The van der Waals surface area contributed by atoms with Crippen molar-refractivity contribution in [2.45, 2.75) is 25.8 Å². The molecule has 0 spiro atoms. The fourth-order valence-electron chi connectivity index (χ4n) is 2.51. The molecule has 1 fully saturated rings. The zero-order valence-electron chi connectivity index (χ0n) is 10.7. The van der Waals surface area contributed by atoms with Gasteiger partial charge in [0.1, 0.15) is 0 Å². The maximum absolute atomic E-state index is 3.98. The Hall–Kier alpha value is -0.940. The van der Waals surface area contributed by atoms with Crippen LogP contribution in [0, 0.1) is 5.92 Å². The summed E-state index contributed by atoms with van der Waals surface area (Å²) in [5, 5.41) is 11.1. The first kappa shape index (κ1) is 12.5. The standard InChI is InChI=1S/C12H23N5/c1-13-11-12-3-8-16(9-4-12)6-2-7-17-10-5-14-15-17/h5,10,12-13H,2-4,6-9,11H2,1H3. The van der Waals surface area contributed by atoms with Gasteiger partial charge >= 0.3 is 0 Å². The van der Waals surface area contributed by atoms with Crippen LogP contribution in [-0.2, 0) is 6.54 Å². The summed E-state index contributed by atoms with van der Waals surface area (Å²) in [6.07, 6.45) is 7.51. The molecule has 0 atom stereocenters. The van der Waals surface area contributed by atoms with Crippen LogP contribution < -0.4 is 5.32 Å². The van der Waals surface area contributed by atoms with E-state index in [0.29, 0.717) is 0 Å². The molecule has 1 N–H and O–H groups in total. The summed E-state index contributed by atoms with van der Waals surface area (Å²) in [4.78, 5) is 2.57. The predicted molar refractivity (Wildman–Crippen MR) is 67.7 cm³/mol. The van der Waals surface area contributed by atoms with E-state index in [1.807, 2.05) is 17.9 Å². The molecule has 0 aliphatic carbocycles. The Bertz CT molecular complexity index is 290. The smallest absolute Gasteiger partial charge is 0.0692 e. The number of aryl methyl sites for hydroxylation is 1. The number of nitrogens with one attached hydrogen (secondary N) is 1. The zero-order chi connectivity index (χ0) is 11.9. The van der Waals surface area contributed by atoms with E-state index in [1.54, 1.807) is 6.20 Å². The third-order valence-corrected chi connectivity index (χ3v) is 3.53. The van der Waals surface area contributed by atoms with Gasteiger partial charge in [0.2, 0.25) is 0 Å². The number of rotatable bonds is 6. The Kier molecular flexibility index (Phi) is 4.94. The summed E-state index contributed by atoms with van der Waals surface area (Å²) in [5.41, 5.74) is 0. The zero-order valence-corrected chi connectivity index (χ0v) is 10.7. The van der Waals surface area contributed by atoms with Gasteiger partial charge in [-0.1, -0.05) is 5.21 Å². The van der Waals surface area contributed by atoms with Gasteiger partial charge in [-0.05, 0) is 58.4 Å². The molecule has 5 nitrogen and oxygen atoms in total. The van der Waals surface area contributed by atoms with Crippen LogP contribution in [0.1, 0.15) is 19.3 Å². The van der Waals surface area contributed by atoms with Gasteiger partial charge in [-0.3, -0.25) is 4.68 Å². The largest absolute Gasteiger partial charge is 0.319 e. The molecule has 1 aromatic rings. The molecule has 17 heavy (non-hydrogen) atoms. The van der Waals surface area contributed by atoms with Crippen molar-refractivity contribution in [3.8, 4) is 0 Å². The van der Waals surface area contributed by atoms with Crippen LogP contribution in [0.25, 0.3) is 0 Å². The van der Waals surface area contributed by atoms with Gasteiger partial charge in [0.05, 0.1) is 6.20 Å². The third kappa shape index (κ3) is 4.09. The van der Waals surface area contributed by atoms with Crippen molar-refractivity contribution in [3.63, 3.8) is 0 Å². The molecular weight excluding hydrogens is 214 g/mol. The highest BCUT2D eigenvalue weighted by Crippen LogP contribution is 2.16. The number of hydrogen-bond donors (Lipinski definition) is 1. The van der Waals surface area contributed by atoms with Crippen LogP contribution in [0.5, 0.6) is 0 Å². The molecule has 0 bridgehead atoms. The molecule has 1 aromatic heterocycles. The molecule has 0 radical (unpaired) electrons. The topological polar surface area (TPSA) is 46.0 Å².